The number of anilines is 2. The maximum atomic E-state index is 12.7. The summed E-state index contributed by atoms with van der Waals surface area (Å²) in [6.07, 6.45) is 0.705. The van der Waals surface area contributed by atoms with E-state index in [2.05, 4.69) is 20.5 Å². The molecule has 0 bridgehead atoms. The molecule has 1 N–H and O–H groups in total. The van der Waals surface area contributed by atoms with Crippen molar-refractivity contribution >= 4 is 23.0 Å². The van der Waals surface area contributed by atoms with Gasteiger partial charge in [-0.05, 0) is 17.7 Å². The number of hydrogen-bond donors (Lipinski definition) is 1. The minimum Gasteiger partial charge on any atom is -0.350 e. The number of halogens is 4. The van der Waals surface area contributed by atoms with Crippen molar-refractivity contribution in [2.45, 2.75) is 12.7 Å². The van der Waals surface area contributed by atoms with Crippen LogP contribution < -0.4 is 10.9 Å². The van der Waals surface area contributed by atoms with Crippen LogP contribution in [-0.2, 0) is 12.7 Å². The van der Waals surface area contributed by atoms with Crippen molar-refractivity contribution in [3.63, 3.8) is 0 Å². The molecule has 0 saturated heterocycles. The molecule has 0 aliphatic carbocycles. The zero-order valence-corrected chi connectivity index (χ0v) is 16.5. The van der Waals surface area contributed by atoms with Crippen molar-refractivity contribution in [3.05, 3.63) is 93.8 Å². The van der Waals surface area contributed by atoms with Gasteiger partial charge in [0.2, 0.25) is 0 Å². The van der Waals surface area contributed by atoms with Crippen molar-refractivity contribution in [1.82, 2.24) is 24.5 Å². The molecule has 0 fully saturated rings. The van der Waals surface area contributed by atoms with E-state index in [1.165, 1.54) is 6.20 Å². The molecule has 0 unspecified atom stereocenters. The van der Waals surface area contributed by atoms with Crippen LogP contribution in [0.5, 0.6) is 0 Å². The van der Waals surface area contributed by atoms with Gasteiger partial charge in [0, 0.05) is 12.4 Å². The van der Waals surface area contributed by atoms with E-state index in [0.29, 0.717) is 18.4 Å². The summed E-state index contributed by atoms with van der Waals surface area (Å²) in [5, 5.41) is 11.0. The first kappa shape index (κ1) is 20.6. The molecule has 0 atom stereocenters. The average molecular weight is 447 g/mol. The van der Waals surface area contributed by atoms with Gasteiger partial charge < -0.3 is 5.32 Å². The summed E-state index contributed by atoms with van der Waals surface area (Å²) in [5.41, 5.74) is 0.235. The Balaban J connectivity index is 1.54. The van der Waals surface area contributed by atoms with Crippen LogP contribution in [0.3, 0.4) is 0 Å². The third-order valence-corrected chi connectivity index (χ3v) is 4.68. The van der Waals surface area contributed by atoms with Gasteiger partial charge in [-0.1, -0.05) is 41.9 Å². The number of rotatable bonds is 5. The van der Waals surface area contributed by atoms with Gasteiger partial charge in [-0.2, -0.15) is 28.1 Å². The molecule has 31 heavy (non-hydrogen) atoms. The number of aromatic nitrogens is 5. The van der Waals surface area contributed by atoms with Crippen molar-refractivity contribution in [2.75, 3.05) is 5.32 Å². The Hall–Kier alpha value is -3.66. The van der Waals surface area contributed by atoms with Crippen molar-refractivity contribution < 1.29 is 13.2 Å². The highest BCUT2D eigenvalue weighted by atomic mass is 35.5. The van der Waals surface area contributed by atoms with Gasteiger partial charge in [0.25, 0.3) is 5.56 Å². The molecule has 7 nitrogen and oxygen atoms in total. The number of nitrogens with one attached hydrogen (secondary N) is 1. The number of nitrogens with zero attached hydrogens (tertiary/aromatic N) is 5. The Kier molecular flexibility index (Phi) is 5.47. The lowest BCUT2D eigenvalue weighted by molar-refractivity contribution is -0.137. The van der Waals surface area contributed by atoms with Crippen LogP contribution >= 0.6 is 11.6 Å². The average Bonchev–Trinajstić information content (AvgIpc) is 3.18. The summed E-state index contributed by atoms with van der Waals surface area (Å²) in [4.78, 5) is 16.2. The van der Waals surface area contributed by atoms with Crippen LogP contribution in [0.2, 0.25) is 5.02 Å². The van der Waals surface area contributed by atoms with E-state index in [-0.39, 0.29) is 16.5 Å². The topological polar surface area (TPSA) is 77.6 Å². The normalized spacial score (nSPS) is 11.5. The Morgan fingerprint density at radius 1 is 1.00 bits per heavy atom. The van der Waals surface area contributed by atoms with E-state index in [1.807, 2.05) is 30.3 Å². The second-order valence-corrected chi connectivity index (χ2v) is 6.91. The van der Waals surface area contributed by atoms with Gasteiger partial charge in [-0.25, -0.2) is 4.98 Å². The molecule has 0 aliphatic heterocycles. The highest BCUT2D eigenvalue weighted by Gasteiger charge is 2.30. The molecule has 0 saturated carbocycles. The molecular weight excluding hydrogens is 433 g/mol. The number of alkyl halides is 3. The molecule has 3 heterocycles. The minimum atomic E-state index is -4.53. The summed E-state index contributed by atoms with van der Waals surface area (Å²) in [7, 11) is 0. The summed E-state index contributed by atoms with van der Waals surface area (Å²) < 4.78 is 40.6. The van der Waals surface area contributed by atoms with Gasteiger partial charge in [0.05, 0.1) is 35.9 Å². The molecule has 0 amide bonds. The van der Waals surface area contributed by atoms with Gasteiger partial charge in [-0.3, -0.25) is 9.48 Å². The second kappa shape index (κ2) is 8.23. The fourth-order valence-corrected chi connectivity index (χ4v) is 2.98. The highest BCUT2D eigenvalue weighted by Crippen LogP contribution is 2.28. The molecule has 0 spiro atoms. The van der Waals surface area contributed by atoms with E-state index in [1.54, 1.807) is 17.1 Å². The lowest BCUT2D eigenvalue weighted by atomic mass is 10.2. The number of pyridine rings is 1. The smallest absolute Gasteiger partial charge is 0.350 e. The van der Waals surface area contributed by atoms with Crippen molar-refractivity contribution in [2.24, 2.45) is 0 Å². The van der Waals surface area contributed by atoms with E-state index in [9.17, 15) is 18.0 Å². The Labute approximate surface area is 178 Å². The van der Waals surface area contributed by atoms with Crippen LogP contribution in [-0.4, -0.2) is 24.5 Å². The molecule has 4 rings (SSSR count). The van der Waals surface area contributed by atoms with Gasteiger partial charge in [0.15, 0.2) is 5.82 Å². The predicted molar refractivity (Wildman–Crippen MR) is 109 cm³/mol. The Morgan fingerprint density at radius 3 is 2.45 bits per heavy atom. The first-order valence-electron chi connectivity index (χ1n) is 8.96. The number of benzene rings is 1. The summed E-state index contributed by atoms with van der Waals surface area (Å²) in [6.45, 7) is 0.565. The van der Waals surface area contributed by atoms with Crippen LogP contribution in [0, 0.1) is 0 Å². The first-order valence-corrected chi connectivity index (χ1v) is 9.34. The Bertz CT molecular complexity index is 1250. The lowest BCUT2D eigenvalue weighted by Crippen LogP contribution is -2.23. The minimum absolute atomic E-state index is 0.0814. The molecule has 0 aliphatic rings. The van der Waals surface area contributed by atoms with E-state index >= 15 is 0 Å². The van der Waals surface area contributed by atoms with Gasteiger partial charge in [0.1, 0.15) is 5.02 Å². The van der Waals surface area contributed by atoms with Crippen LogP contribution in [0.1, 0.15) is 11.1 Å². The Morgan fingerprint density at radius 2 is 1.77 bits per heavy atom. The molecule has 1 aromatic carbocycles. The summed E-state index contributed by atoms with van der Waals surface area (Å²) in [6, 6.07) is 11.6. The molecule has 0 radical (unpaired) electrons. The highest BCUT2D eigenvalue weighted by molar-refractivity contribution is 6.33. The summed E-state index contributed by atoms with van der Waals surface area (Å²) >= 11 is 6.17. The fraction of sp³-hybridized carbons (Fsp3) is 0.100. The molecular formula is C20H14ClF3N6O. The van der Waals surface area contributed by atoms with Crippen LogP contribution in [0.4, 0.5) is 24.5 Å². The zero-order chi connectivity index (χ0) is 22.0. The number of hydrogen-bond acceptors (Lipinski definition) is 5. The SMILES string of the molecule is O=c1c(Cl)c(Nc2cnn(Cc3ccccc3)c2)cnn1-c1ccc(C(F)(F)F)cn1. The van der Waals surface area contributed by atoms with Gasteiger partial charge >= 0.3 is 6.18 Å². The molecule has 11 heteroatoms. The molecule has 3 aromatic heterocycles. The van der Waals surface area contributed by atoms with Gasteiger partial charge in [-0.15, -0.1) is 0 Å². The van der Waals surface area contributed by atoms with Crippen LogP contribution in [0.15, 0.2) is 72.0 Å². The quantitative estimate of drug-likeness (QED) is 0.495. The molecule has 158 valence electrons. The van der Waals surface area contributed by atoms with Crippen molar-refractivity contribution in [3.8, 4) is 5.82 Å². The predicted octanol–water partition coefficient (Wildman–Crippen LogP) is 4.29. The standard InChI is InChI=1S/C20H14ClF3N6O/c21-18-16(28-15-9-26-29(12-15)11-13-4-2-1-3-5-13)10-27-30(19(18)31)17-7-6-14(8-25-17)20(22,23)24/h1-10,12,28H,11H2. The second-order valence-electron chi connectivity index (χ2n) is 6.53. The van der Waals surface area contributed by atoms with Crippen molar-refractivity contribution in [1.29, 1.82) is 0 Å². The largest absolute Gasteiger partial charge is 0.417 e. The zero-order valence-electron chi connectivity index (χ0n) is 15.7. The third kappa shape index (κ3) is 4.58. The summed E-state index contributed by atoms with van der Waals surface area (Å²) in [5.74, 6) is -0.0814. The first-order chi connectivity index (χ1) is 14.8. The maximum absolute atomic E-state index is 12.7. The lowest BCUT2D eigenvalue weighted by Gasteiger charge is -2.10. The maximum Gasteiger partial charge on any atom is 0.417 e. The molecule has 4 aromatic rings. The van der Waals surface area contributed by atoms with E-state index in [4.69, 9.17) is 11.6 Å². The fourth-order valence-electron chi connectivity index (χ4n) is 2.80. The van der Waals surface area contributed by atoms with E-state index < -0.39 is 17.3 Å². The van der Waals surface area contributed by atoms with Crippen LogP contribution in [0.25, 0.3) is 5.82 Å². The van der Waals surface area contributed by atoms with E-state index in [0.717, 1.165) is 22.4 Å². The third-order valence-electron chi connectivity index (χ3n) is 4.31. The monoisotopic (exact) mass is 446 g/mol.